The van der Waals surface area contributed by atoms with Crippen molar-refractivity contribution in [2.45, 2.75) is 58.7 Å². The molecule has 0 spiro atoms. The van der Waals surface area contributed by atoms with Gasteiger partial charge in [0.15, 0.2) is 0 Å². The van der Waals surface area contributed by atoms with E-state index in [1.807, 2.05) is 11.0 Å². The van der Waals surface area contributed by atoms with Gasteiger partial charge in [0.2, 0.25) is 11.8 Å². The Hall–Kier alpha value is -1.69. The number of nitrogens with zero attached hydrogens (tertiary/aromatic N) is 3. The molecule has 0 saturated heterocycles. The van der Waals surface area contributed by atoms with Crippen LogP contribution in [0.2, 0.25) is 0 Å². The molecule has 0 bridgehead atoms. The van der Waals surface area contributed by atoms with Crippen molar-refractivity contribution in [1.29, 1.82) is 0 Å². The fourth-order valence-corrected chi connectivity index (χ4v) is 2.79. The van der Waals surface area contributed by atoms with Crippen LogP contribution >= 0.6 is 0 Å². The molecule has 2 heterocycles. The second kappa shape index (κ2) is 7.54. The summed E-state index contributed by atoms with van der Waals surface area (Å²) in [6, 6.07) is 2.07. The first-order valence-corrected chi connectivity index (χ1v) is 7.99. The molecule has 0 saturated carbocycles. The Morgan fingerprint density at radius 1 is 1.45 bits per heavy atom. The summed E-state index contributed by atoms with van der Waals surface area (Å²) in [5, 5.41) is 11.6. The van der Waals surface area contributed by atoms with Crippen LogP contribution in [0.5, 0.6) is 5.88 Å². The molecular weight excluding hydrogens is 280 g/mol. The first-order chi connectivity index (χ1) is 10.5. The number of carbonyl (C=O) groups is 1. The van der Waals surface area contributed by atoms with Crippen LogP contribution in [0, 0.1) is 0 Å². The van der Waals surface area contributed by atoms with Crippen LogP contribution in [0.15, 0.2) is 6.07 Å². The third-order valence-electron chi connectivity index (χ3n) is 3.85. The molecule has 1 amide bonds. The number of carbonyl (C=O) groups excluding carboxylic acids is 1. The fraction of sp³-hybridized carbons (Fsp3) is 0.688. The van der Waals surface area contributed by atoms with Crippen molar-refractivity contribution >= 4 is 5.91 Å². The highest BCUT2D eigenvalue weighted by atomic mass is 16.5. The maximum atomic E-state index is 12.8. The van der Waals surface area contributed by atoms with Gasteiger partial charge >= 0.3 is 0 Å². The first-order valence-electron chi connectivity index (χ1n) is 7.99. The van der Waals surface area contributed by atoms with Crippen molar-refractivity contribution in [3.05, 3.63) is 17.3 Å². The zero-order valence-electron chi connectivity index (χ0n) is 13.9. The van der Waals surface area contributed by atoms with Gasteiger partial charge in [-0.1, -0.05) is 27.2 Å². The highest BCUT2D eigenvalue weighted by Gasteiger charge is 2.28. The van der Waals surface area contributed by atoms with Crippen LogP contribution < -0.4 is 10.1 Å². The van der Waals surface area contributed by atoms with Crippen LogP contribution in [-0.2, 0) is 17.8 Å². The topological polar surface area (TPSA) is 67.4 Å². The van der Waals surface area contributed by atoms with Gasteiger partial charge < -0.3 is 15.0 Å². The molecular formula is C16H26N4O2. The summed E-state index contributed by atoms with van der Waals surface area (Å²) in [5.74, 6) is 0.676. The average Bonchev–Trinajstić information content (AvgIpc) is 2.52. The number of aromatic nitrogens is 2. The Bertz CT molecular complexity index is 519. The van der Waals surface area contributed by atoms with Crippen LogP contribution in [0.4, 0.5) is 0 Å². The van der Waals surface area contributed by atoms with Crippen molar-refractivity contribution < 1.29 is 9.53 Å². The van der Waals surface area contributed by atoms with Crippen LogP contribution in [0.1, 0.15) is 44.9 Å². The lowest BCUT2D eigenvalue weighted by Crippen LogP contribution is -2.50. The SMILES string of the molecule is CCCC(NC(C)C)C(=O)N1CCc2nnc(OC)cc2C1. The third-order valence-corrected chi connectivity index (χ3v) is 3.85. The highest BCUT2D eigenvalue weighted by molar-refractivity contribution is 5.82. The van der Waals surface area contributed by atoms with Crippen molar-refractivity contribution in [3.63, 3.8) is 0 Å². The molecule has 22 heavy (non-hydrogen) atoms. The predicted molar refractivity (Wildman–Crippen MR) is 84.7 cm³/mol. The van der Waals surface area contributed by atoms with Crippen LogP contribution in [-0.4, -0.2) is 46.7 Å². The minimum Gasteiger partial charge on any atom is -0.480 e. The Balaban J connectivity index is 2.10. The van der Waals surface area contributed by atoms with Gasteiger partial charge in [-0.05, 0) is 6.42 Å². The van der Waals surface area contributed by atoms with E-state index in [9.17, 15) is 4.79 Å². The Kier molecular flexibility index (Phi) is 5.71. The van der Waals surface area contributed by atoms with Gasteiger partial charge in [0, 0.05) is 37.2 Å². The molecule has 1 unspecified atom stereocenters. The van der Waals surface area contributed by atoms with Gasteiger partial charge in [-0.2, -0.15) is 5.10 Å². The number of hydrogen-bond acceptors (Lipinski definition) is 5. The van der Waals surface area contributed by atoms with E-state index in [-0.39, 0.29) is 11.9 Å². The summed E-state index contributed by atoms with van der Waals surface area (Å²) in [6.07, 6.45) is 2.59. The minimum atomic E-state index is -0.108. The normalized spacial score (nSPS) is 15.6. The maximum absolute atomic E-state index is 12.8. The largest absolute Gasteiger partial charge is 0.480 e. The monoisotopic (exact) mass is 306 g/mol. The smallest absolute Gasteiger partial charge is 0.240 e. The van der Waals surface area contributed by atoms with E-state index < -0.39 is 0 Å². The summed E-state index contributed by atoms with van der Waals surface area (Å²) in [4.78, 5) is 14.7. The molecule has 2 rings (SSSR count). The molecule has 0 radical (unpaired) electrons. The third kappa shape index (κ3) is 3.94. The van der Waals surface area contributed by atoms with E-state index in [2.05, 4.69) is 36.3 Å². The lowest BCUT2D eigenvalue weighted by Gasteiger charge is -2.32. The van der Waals surface area contributed by atoms with E-state index in [1.165, 1.54) is 0 Å². The molecule has 0 aliphatic carbocycles. The van der Waals surface area contributed by atoms with Crippen LogP contribution in [0.3, 0.4) is 0 Å². The number of amides is 1. The Morgan fingerprint density at radius 3 is 2.86 bits per heavy atom. The van der Waals surface area contributed by atoms with Crippen molar-refractivity contribution in [2.75, 3.05) is 13.7 Å². The summed E-state index contributed by atoms with van der Waals surface area (Å²) in [5.41, 5.74) is 2.00. The van der Waals surface area contributed by atoms with E-state index in [4.69, 9.17) is 4.74 Å². The first kappa shape index (κ1) is 16.7. The zero-order valence-corrected chi connectivity index (χ0v) is 13.9. The van der Waals surface area contributed by atoms with E-state index in [0.29, 0.717) is 25.0 Å². The zero-order chi connectivity index (χ0) is 16.1. The van der Waals surface area contributed by atoms with Crippen molar-refractivity contribution in [1.82, 2.24) is 20.4 Å². The standard InChI is InChI=1S/C16H26N4O2/c1-5-6-14(17-11(2)3)16(21)20-8-7-13-12(10-20)9-15(22-4)19-18-13/h9,11,14,17H,5-8,10H2,1-4H3. The number of fused-ring (bicyclic) bond motifs is 1. The second-order valence-corrected chi connectivity index (χ2v) is 6.03. The van der Waals surface area contributed by atoms with Gasteiger partial charge in [-0.3, -0.25) is 4.79 Å². The van der Waals surface area contributed by atoms with Gasteiger partial charge in [-0.25, -0.2) is 0 Å². The summed E-state index contributed by atoms with van der Waals surface area (Å²) >= 11 is 0. The van der Waals surface area contributed by atoms with Gasteiger partial charge in [-0.15, -0.1) is 5.10 Å². The lowest BCUT2D eigenvalue weighted by molar-refractivity contribution is -0.134. The van der Waals surface area contributed by atoms with E-state index in [1.54, 1.807) is 7.11 Å². The van der Waals surface area contributed by atoms with E-state index in [0.717, 1.165) is 30.5 Å². The molecule has 0 aromatic carbocycles. The molecule has 1 aromatic rings. The molecule has 1 aliphatic heterocycles. The van der Waals surface area contributed by atoms with Gasteiger partial charge in [0.1, 0.15) is 0 Å². The fourth-order valence-electron chi connectivity index (χ4n) is 2.79. The number of ether oxygens (including phenoxy) is 1. The van der Waals surface area contributed by atoms with Gasteiger partial charge in [0.05, 0.1) is 18.8 Å². The lowest BCUT2D eigenvalue weighted by atomic mass is 10.0. The molecule has 1 atom stereocenters. The van der Waals surface area contributed by atoms with E-state index >= 15 is 0 Å². The molecule has 6 heteroatoms. The van der Waals surface area contributed by atoms with Crippen molar-refractivity contribution in [3.8, 4) is 5.88 Å². The summed E-state index contributed by atoms with van der Waals surface area (Å²) in [7, 11) is 1.58. The number of hydrogen-bond donors (Lipinski definition) is 1. The average molecular weight is 306 g/mol. The Labute approximate surface area is 132 Å². The number of nitrogens with one attached hydrogen (secondary N) is 1. The molecule has 1 N–H and O–H groups in total. The molecule has 122 valence electrons. The van der Waals surface area contributed by atoms with Crippen LogP contribution in [0.25, 0.3) is 0 Å². The molecule has 6 nitrogen and oxygen atoms in total. The predicted octanol–water partition coefficient (Wildman–Crippen LogP) is 1.54. The molecule has 1 aliphatic rings. The van der Waals surface area contributed by atoms with Gasteiger partial charge in [0.25, 0.3) is 0 Å². The number of rotatable bonds is 6. The summed E-state index contributed by atoms with van der Waals surface area (Å²) < 4.78 is 5.13. The number of methoxy groups -OCH3 is 1. The summed E-state index contributed by atoms with van der Waals surface area (Å²) in [6.45, 7) is 7.53. The molecule has 0 fully saturated rings. The molecule has 1 aromatic heterocycles. The quantitative estimate of drug-likeness (QED) is 0.863. The second-order valence-electron chi connectivity index (χ2n) is 6.03. The maximum Gasteiger partial charge on any atom is 0.240 e. The Morgan fingerprint density at radius 2 is 2.23 bits per heavy atom. The minimum absolute atomic E-state index is 0.108. The highest BCUT2D eigenvalue weighted by Crippen LogP contribution is 2.20. The van der Waals surface area contributed by atoms with Crippen molar-refractivity contribution in [2.24, 2.45) is 0 Å².